The highest BCUT2D eigenvalue weighted by molar-refractivity contribution is 9.10. The molecule has 3 aromatic rings. The summed E-state index contributed by atoms with van der Waals surface area (Å²) in [6.45, 7) is 10.2. The zero-order chi connectivity index (χ0) is 44.2. The van der Waals surface area contributed by atoms with Crippen molar-refractivity contribution in [2.75, 3.05) is 23.7 Å². The number of unbranched alkanes of at least 4 members (excludes halogenated alkanes) is 2. The quantitative estimate of drug-likeness (QED) is 0.0151. The summed E-state index contributed by atoms with van der Waals surface area (Å²) in [5.74, 6) is -2.52. The number of hydrogen-bond donors (Lipinski definition) is 5. The van der Waals surface area contributed by atoms with Crippen LogP contribution in [0.25, 0.3) is 10.8 Å². The SMILES string of the molecule is CC1(C)C(/C=C/C=C/C=C/C=C2/N(CCCCC(=O)NC(CC(=O)O)C(=O)O)c3cc(Br)ccc3C2(C)C)=[N+](CCCCSOOO)c2ccc3cc(SOOO)ccc3c21. The maximum Gasteiger partial charge on any atom is 0.326 e. The second-order valence-electron chi connectivity index (χ2n) is 15.5. The van der Waals surface area contributed by atoms with Crippen LogP contribution in [0.15, 0.2) is 106 Å². The van der Waals surface area contributed by atoms with Gasteiger partial charge in [-0.05, 0) is 85.9 Å². The number of halogens is 1. The third kappa shape index (κ3) is 12.0. The largest absolute Gasteiger partial charge is 0.481 e. The van der Waals surface area contributed by atoms with Crippen molar-refractivity contribution in [3.05, 3.63) is 112 Å². The summed E-state index contributed by atoms with van der Waals surface area (Å²) in [5.41, 5.74) is 6.19. The number of carboxylic acid groups (broad SMARTS) is 2. The van der Waals surface area contributed by atoms with Gasteiger partial charge in [0.25, 0.3) is 0 Å². The van der Waals surface area contributed by atoms with Crippen LogP contribution in [0.3, 0.4) is 0 Å². The number of allylic oxidation sites excluding steroid dienone is 8. The molecule has 1 unspecified atom stereocenters. The zero-order valence-corrected chi connectivity index (χ0v) is 37.6. The van der Waals surface area contributed by atoms with Gasteiger partial charge < -0.3 is 20.4 Å². The van der Waals surface area contributed by atoms with Crippen LogP contribution in [0.4, 0.5) is 11.4 Å². The second-order valence-corrected chi connectivity index (χ2v) is 18.0. The van der Waals surface area contributed by atoms with E-state index in [1.807, 2.05) is 42.5 Å². The van der Waals surface area contributed by atoms with Crippen molar-refractivity contribution < 1.29 is 58.4 Å². The number of carbonyl (C=O) groups excluding carboxylic acids is 1. The molecule has 5 N–H and O–H groups in total. The summed E-state index contributed by atoms with van der Waals surface area (Å²) in [6, 6.07) is 15.0. The predicted molar refractivity (Wildman–Crippen MR) is 240 cm³/mol. The Morgan fingerprint density at radius 2 is 1.64 bits per heavy atom. The van der Waals surface area contributed by atoms with Crippen molar-refractivity contribution in [3.8, 4) is 0 Å². The van der Waals surface area contributed by atoms with Gasteiger partial charge in [0, 0.05) is 81.1 Å². The van der Waals surface area contributed by atoms with E-state index in [1.54, 1.807) is 0 Å². The van der Waals surface area contributed by atoms with E-state index in [1.165, 1.54) is 11.1 Å². The van der Waals surface area contributed by atoms with E-state index < -0.39 is 30.3 Å². The summed E-state index contributed by atoms with van der Waals surface area (Å²) < 4.78 is 12.5. The number of hydrogen-bond acceptors (Lipinski definition) is 12. The average molecular weight is 942 g/mol. The van der Waals surface area contributed by atoms with E-state index >= 15 is 0 Å². The Labute approximate surface area is 371 Å². The molecule has 0 aromatic heterocycles. The van der Waals surface area contributed by atoms with Gasteiger partial charge in [0.15, 0.2) is 5.71 Å². The highest BCUT2D eigenvalue weighted by Crippen LogP contribution is 2.49. The van der Waals surface area contributed by atoms with Crippen molar-refractivity contribution in [2.24, 2.45) is 0 Å². The molecule has 0 fully saturated rings. The first-order valence-electron chi connectivity index (χ1n) is 19.7. The molecule has 2 aliphatic rings. The minimum absolute atomic E-state index is 0.0775. The zero-order valence-electron chi connectivity index (χ0n) is 34.3. The lowest BCUT2D eigenvalue weighted by atomic mass is 9.79. The van der Waals surface area contributed by atoms with Gasteiger partial charge in [-0.2, -0.15) is 4.58 Å². The fraction of sp³-hybridized carbons (Fsp3) is 0.364. The van der Waals surface area contributed by atoms with Crippen LogP contribution in [0, 0.1) is 0 Å². The highest BCUT2D eigenvalue weighted by atomic mass is 79.9. The molecule has 17 heteroatoms. The number of anilines is 1. The second kappa shape index (κ2) is 22.2. The highest BCUT2D eigenvalue weighted by Gasteiger charge is 2.45. The number of rotatable bonds is 23. The predicted octanol–water partition coefficient (Wildman–Crippen LogP) is 9.82. The van der Waals surface area contributed by atoms with Gasteiger partial charge in [-0.25, -0.2) is 15.3 Å². The van der Waals surface area contributed by atoms with Gasteiger partial charge in [-0.3, -0.25) is 9.59 Å². The summed E-state index contributed by atoms with van der Waals surface area (Å²) in [6.07, 6.45) is 16.6. The first-order valence-corrected chi connectivity index (χ1v) is 22.2. The van der Waals surface area contributed by atoms with E-state index in [9.17, 15) is 19.5 Å². The first-order chi connectivity index (χ1) is 29.2. The van der Waals surface area contributed by atoms with Crippen LogP contribution in [0.5, 0.6) is 0 Å². The van der Waals surface area contributed by atoms with Gasteiger partial charge in [0.1, 0.15) is 12.6 Å². The van der Waals surface area contributed by atoms with Gasteiger partial charge >= 0.3 is 11.9 Å². The topological polar surface area (TPSA) is 187 Å². The standard InChI is InChI=1S/C44H50BrN3O11S2/c1-43(2)33-21-18-30(45)27-36(33)48(23-11-10-16-39(49)46-34(42(52)53)28-40(50)51)37(43)14-8-6-5-7-9-15-38-44(3,4)41-32-20-19-31(61-59-57-55)26-29(32)17-22-35(41)47(38)24-12-13-25-60-58-56-54/h5-9,14-15,17-22,26-27,34H,10-13,16,23-25,28H2,1-4H3,(H4-,46,49,50,51,52,53,54,55)/p+1. The van der Waals surface area contributed by atoms with Crippen molar-refractivity contribution in [2.45, 2.75) is 88.0 Å². The lowest BCUT2D eigenvalue weighted by Crippen LogP contribution is -2.42. The summed E-state index contributed by atoms with van der Waals surface area (Å²) in [7, 11) is 0. The molecule has 2 aliphatic heterocycles. The molecule has 0 aliphatic carbocycles. The maximum absolute atomic E-state index is 12.5. The summed E-state index contributed by atoms with van der Waals surface area (Å²) in [4.78, 5) is 38.0. The van der Waals surface area contributed by atoms with Gasteiger partial charge in [-0.1, -0.05) is 82.4 Å². The molecular weight excluding hydrogens is 891 g/mol. The molecule has 1 atom stereocenters. The van der Waals surface area contributed by atoms with Crippen LogP contribution < -0.4 is 10.2 Å². The molecular formula is C44H51BrN3O11S2+. The maximum atomic E-state index is 12.5. The van der Waals surface area contributed by atoms with E-state index in [4.69, 9.17) is 15.6 Å². The Morgan fingerprint density at radius 3 is 2.38 bits per heavy atom. The third-order valence-corrected chi connectivity index (χ3v) is 12.5. The molecule has 2 heterocycles. The van der Waals surface area contributed by atoms with E-state index in [2.05, 4.69) is 126 Å². The molecule has 3 aromatic carbocycles. The monoisotopic (exact) mass is 940 g/mol. The van der Waals surface area contributed by atoms with E-state index in [-0.39, 0.29) is 17.3 Å². The Hall–Kier alpha value is -4.30. The Bertz CT molecular complexity index is 2240. The number of amides is 1. The number of benzene rings is 3. The molecule has 14 nitrogen and oxygen atoms in total. The number of nitrogens with zero attached hydrogens (tertiary/aromatic N) is 2. The van der Waals surface area contributed by atoms with Crippen LogP contribution in [-0.4, -0.2) is 73.7 Å². The Kier molecular flexibility index (Phi) is 17.4. The van der Waals surface area contributed by atoms with Crippen molar-refractivity contribution in [1.29, 1.82) is 0 Å². The molecule has 0 radical (unpaired) electrons. The minimum Gasteiger partial charge on any atom is -0.481 e. The van der Waals surface area contributed by atoms with Crippen molar-refractivity contribution in [1.82, 2.24) is 5.32 Å². The molecule has 5 rings (SSSR count). The molecule has 0 saturated heterocycles. The van der Waals surface area contributed by atoms with E-state index in [0.29, 0.717) is 25.1 Å². The number of nitrogens with one attached hydrogen (secondary N) is 1. The van der Waals surface area contributed by atoms with Crippen LogP contribution in [0.1, 0.15) is 77.3 Å². The number of carboxylic acids is 2. The Morgan fingerprint density at radius 1 is 0.885 bits per heavy atom. The number of aliphatic carboxylic acids is 2. The Balaban J connectivity index is 1.31. The van der Waals surface area contributed by atoms with Gasteiger partial charge in [-0.15, -0.1) is 8.67 Å². The summed E-state index contributed by atoms with van der Waals surface area (Å²) in [5, 5.41) is 47.4. The molecule has 326 valence electrons. The number of carbonyl (C=O) groups is 3. The third-order valence-electron chi connectivity index (χ3n) is 10.8. The van der Waals surface area contributed by atoms with E-state index in [0.717, 1.165) is 86.4 Å². The molecule has 0 bridgehead atoms. The smallest absolute Gasteiger partial charge is 0.326 e. The first kappa shape index (κ1) is 47.7. The lowest BCUT2D eigenvalue weighted by molar-refractivity contribution is -0.438. The number of fused-ring (bicyclic) bond motifs is 4. The van der Waals surface area contributed by atoms with Gasteiger partial charge in [0.2, 0.25) is 11.6 Å². The molecule has 1 amide bonds. The van der Waals surface area contributed by atoms with Crippen LogP contribution in [0.2, 0.25) is 0 Å². The molecule has 0 saturated carbocycles. The lowest BCUT2D eigenvalue weighted by Gasteiger charge is -2.27. The fourth-order valence-corrected chi connectivity index (χ4v) is 9.18. The normalized spacial score (nSPS) is 16.7. The minimum atomic E-state index is -1.47. The van der Waals surface area contributed by atoms with Crippen molar-refractivity contribution >= 4 is 85.7 Å². The summed E-state index contributed by atoms with van der Waals surface area (Å²) >= 11 is 5.60. The average Bonchev–Trinajstić information content (AvgIpc) is 3.56. The van der Waals surface area contributed by atoms with Crippen molar-refractivity contribution in [3.63, 3.8) is 0 Å². The van der Waals surface area contributed by atoms with Crippen LogP contribution in [-0.2, 0) is 44.0 Å². The molecule has 0 spiro atoms. The van der Waals surface area contributed by atoms with Crippen LogP contribution >= 0.6 is 40.0 Å². The molecule has 61 heavy (non-hydrogen) atoms. The van der Waals surface area contributed by atoms with Gasteiger partial charge in [0.05, 0.1) is 23.9 Å². The fourth-order valence-electron chi connectivity index (χ4n) is 7.99.